The van der Waals surface area contributed by atoms with E-state index in [0.717, 1.165) is 15.8 Å². The Bertz CT molecular complexity index is 1450. The van der Waals surface area contributed by atoms with E-state index in [-0.39, 0.29) is 24.4 Å². The lowest BCUT2D eigenvalue weighted by molar-refractivity contribution is -0.131. The molecule has 1 aliphatic rings. The highest BCUT2D eigenvalue weighted by Crippen LogP contribution is 2.32. The van der Waals surface area contributed by atoms with E-state index in [1.54, 1.807) is 11.0 Å². The Labute approximate surface area is 220 Å². The van der Waals surface area contributed by atoms with Crippen molar-refractivity contribution in [3.8, 4) is 10.6 Å². The molecule has 0 aliphatic carbocycles. The monoisotopic (exact) mass is 541 g/mol. The zero-order valence-corrected chi connectivity index (χ0v) is 21.2. The minimum Gasteiger partial charge on any atom is -0.465 e. The lowest BCUT2D eigenvalue weighted by Gasteiger charge is -2.32. The number of aromatic nitrogens is 2. The summed E-state index contributed by atoms with van der Waals surface area (Å²) in [5, 5.41) is 19.0. The number of benzene rings is 1. The van der Waals surface area contributed by atoms with Crippen molar-refractivity contribution in [2.75, 3.05) is 19.6 Å². The number of piperidine rings is 1. The molecular weight excluding hydrogens is 518 g/mol. The van der Waals surface area contributed by atoms with Crippen LogP contribution in [0.15, 0.2) is 53.1 Å². The fourth-order valence-electron chi connectivity index (χ4n) is 4.48. The molecule has 0 spiro atoms. The number of amides is 3. The lowest BCUT2D eigenvalue weighted by atomic mass is 10.0. The van der Waals surface area contributed by atoms with Crippen LogP contribution >= 0.6 is 22.9 Å². The number of likely N-dealkylation sites (tertiary alicyclic amines) is 1. The van der Waals surface area contributed by atoms with Crippen LogP contribution in [0.5, 0.6) is 0 Å². The topological polar surface area (TPSA) is 130 Å². The first-order valence-electron chi connectivity index (χ1n) is 11.7. The Morgan fingerprint density at radius 1 is 1.14 bits per heavy atom. The molecule has 1 aliphatic heterocycles. The van der Waals surface area contributed by atoms with Crippen LogP contribution < -0.4 is 10.6 Å². The van der Waals surface area contributed by atoms with Crippen molar-refractivity contribution in [3.63, 3.8) is 0 Å². The molecule has 37 heavy (non-hydrogen) atoms. The SMILES string of the molecule is O=C(O)NCC(=O)N1CCC(NC(=O)c2cc3ccccc3n2Cc2cc(-c3ccc(Cl)s3)on2)CC1. The third kappa shape index (κ3) is 5.62. The Hall–Kier alpha value is -3.83. The van der Waals surface area contributed by atoms with Gasteiger partial charge in [-0.05, 0) is 37.1 Å². The van der Waals surface area contributed by atoms with Crippen LogP contribution in [-0.2, 0) is 11.3 Å². The van der Waals surface area contributed by atoms with Crippen LogP contribution in [0.1, 0.15) is 29.0 Å². The number of fused-ring (bicyclic) bond motifs is 1. The van der Waals surface area contributed by atoms with Crippen LogP contribution in [0.2, 0.25) is 4.34 Å². The maximum atomic E-state index is 13.4. The van der Waals surface area contributed by atoms with Crippen molar-refractivity contribution >= 4 is 51.7 Å². The number of carbonyl (C=O) groups is 3. The predicted octanol–water partition coefficient (Wildman–Crippen LogP) is 4.05. The highest BCUT2D eigenvalue weighted by atomic mass is 35.5. The van der Waals surface area contributed by atoms with E-state index in [4.69, 9.17) is 21.2 Å². The molecule has 4 heterocycles. The summed E-state index contributed by atoms with van der Waals surface area (Å²) in [6, 6.07) is 15.1. The third-order valence-corrected chi connectivity index (χ3v) is 7.56. The number of para-hydroxylation sites is 1. The largest absolute Gasteiger partial charge is 0.465 e. The molecule has 3 amide bonds. The average Bonchev–Trinajstić information content (AvgIpc) is 3.62. The molecule has 0 radical (unpaired) electrons. The zero-order chi connectivity index (χ0) is 25.9. The summed E-state index contributed by atoms with van der Waals surface area (Å²) >= 11 is 7.45. The summed E-state index contributed by atoms with van der Waals surface area (Å²) in [7, 11) is 0. The third-order valence-electron chi connectivity index (χ3n) is 6.31. The normalized spacial score (nSPS) is 14.1. The number of halogens is 1. The minimum absolute atomic E-state index is 0.0994. The summed E-state index contributed by atoms with van der Waals surface area (Å²) in [6.45, 7) is 0.989. The molecule has 10 nitrogen and oxygen atoms in total. The minimum atomic E-state index is -1.23. The smallest absolute Gasteiger partial charge is 0.405 e. The number of hydrogen-bond acceptors (Lipinski definition) is 6. The summed E-state index contributed by atoms with van der Waals surface area (Å²) < 4.78 is 8.11. The van der Waals surface area contributed by atoms with Gasteiger partial charge in [-0.1, -0.05) is 35.0 Å². The van der Waals surface area contributed by atoms with Gasteiger partial charge in [0.05, 0.1) is 15.8 Å². The molecule has 1 saturated heterocycles. The van der Waals surface area contributed by atoms with Crippen molar-refractivity contribution in [1.82, 2.24) is 25.3 Å². The standard InChI is InChI=1S/C25H24ClN5O5S/c26-22-6-5-21(37-22)20-12-17(29-36-20)14-31-18-4-2-1-3-15(18)11-19(31)24(33)28-16-7-9-30(10-8-16)23(32)13-27-25(34)35/h1-6,11-12,16,27H,7-10,13-14H2,(H,28,33)(H,34,35). The van der Waals surface area contributed by atoms with Gasteiger partial charge in [0, 0.05) is 36.1 Å². The van der Waals surface area contributed by atoms with Gasteiger partial charge in [-0.15, -0.1) is 11.3 Å². The first kappa shape index (κ1) is 24.8. The number of hydrogen-bond donors (Lipinski definition) is 3. The number of nitrogens with zero attached hydrogens (tertiary/aromatic N) is 3. The molecule has 192 valence electrons. The van der Waals surface area contributed by atoms with Gasteiger partial charge in [-0.25, -0.2) is 4.79 Å². The lowest BCUT2D eigenvalue weighted by Crippen LogP contribution is -2.49. The van der Waals surface area contributed by atoms with E-state index in [9.17, 15) is 14.4 Å². The second-order valence-electron chi connectivity index (χ2n) is 8.75. The highest BCUT2D eigenvalue weighted by molar-refractivity contribution is 7.19. The van der Waals surface area contributed by atoms with Crippen LogP contribution in [0, 0.1) is 0 Å². The van der Waals surface area contributed by atoms with Gasteiger partial charge in [0.25, 0.3) is 5.91 Å². The molecular formula is C25H24ClN5O5S. The number of carbonyl (C=O) groups excluding carboxylic acids is 2. The van der Waals surface area contributed by atoms with Crippen LogP contribution in [0.25, 0.3) is 21.5 Å². The van der Waals surface area contributed by atoms with E-state index < -0.39 is 6.09 Å². The molecule has 1 aromatic carbocycles. The van der Waals surface area contributed by atoms with Crippen molar-refractivity contribution in [3.05, 3.63) is 64.3 Å². The van der Waals surface area contributed by atoms with Crippen LogP contribution in [0.3, 0.4) is 0 Å². The fourth-order valence-corrected chi connectivity index (χ4v) is 5.47. The molecule has 12 heteroatoms. The molecule has 3 N–H and O–H groups in total. The highest BCUT2D eigenvalue weighted by Gasteiger charge is 2.26. The molecule has 0 bridgehead atoms. The summed E-state index contributed by atoms with van der Waals surface area (Å²) in [6.07, 6.45) is -0.0645. The first-order valence-corrected chi connectivity index (χ1v) is 12.9. The van der Waals surface area contributed by atoms with Gasteiger partial charge < -0.3 is 29.7 Å². The van der Waals surface area contributed by atoms with E-state index >= 15 is 0 Å². The number of nitrogens with one attached hydrogen (secondary N) is 2. The summed E-state index contributed by atoms with van der Waals surface area (Å²) in [5.74, 6) is 0.139. The number of carboxylic acid groups (broad SMARTS) is 1. The zero-order valence-electron chi connectivity index (χ0n) is 19.6. The molecule has 4 aromatic rings. The molecule has 5 rings (SSSR count). The Morgan fingerprint density at radius 3 is 2.65 bits per heavy atom. The van der Waals surface area contributed by atoms with Crippen molar-refractivity contribution in [2.24, 2.45) is 0 Å². The summed E-state index contributed by atoms with van der Waals surface area (Å²) in [5.41, 5.74) is 2.09. The number of thiophene rings is 1. The van der Waals surface area contributed by atoms with Gasteiger partial charge >= 0.3 is 6.09 Å². The van der Waals surface area contributed by atoms with Gasteiger partial charge in [-0.3, -0.25) is 9.59 Å². The van der Waals surface area contributed by atoms with Crippen molar-refractivity contribution in [2.45, 2.75) is 25.4 Å². The van der Waals surface area contributed by atoms with E-state index in [1.165, 1.54) is 11.3 Å². The van der Waals surface area contributed by atoms with E-state index in [2.05, 4.69) is 15.8 Å². The second kappa shape index (κ2) is 10.7. The van der Waals surface area contributed by atoms with Crippen molar-refractivity contribution < 1.29 is 24.0 Å². The molecule has 1 fully saturated rings. The van der Waals surface area contributed by atoms with E-state index in [0.29, 0.717) is 54.0 Å². The van der Waals surface area contributed by atoms with Crippen LogP contribution in [0.4, 0.5) is 4.79 Å². The predicted molar refractivity (Wildman–Crippen MR) is 139 cm³/mol. The quantitative estimate of drug-likeness (QED) is 0.324. The maximum Gasteiger partial charge on any atom is 0.405 e. The Kier molecular flexibility index (Phi) is 7.15. The Balaban J connectivity index is 1.29. The molecule has 0 atom stereocenters. The molecule has 0 saturated carbocycles. The first-order chi connectivity index (χ1) is 17.9. The van der Waals surface area contributed by atoms with Gasteiger partial charge in [-0.2, -0.15) is 0 Å². The number of rotatable bonds is 7. The molecule has 3 aromatic heterocycles. The Morgan fingerprint density at radius 2 is 1.92 bits per heavy atom. The fraction of sp³-hybridized carbons (Fsp3) is 0.280. The van der Waals surface area contributed by atoms with Gasteiger partial charge in [0.1, 0.15) is 17.9 Å². The van der Waals surface area contributed by atoms with Gasteiger partial charge in [0.15, 0.2) is 5.76 Å². The van der Waals surface area contributed by atoms with E-state index in [1.807, 2.05) is 47.0 Å². The average molecular weight is 542 g/mol. The maximum absolute atomic E-state index is 13.4. The van der Waals surface area contributed by atoms with Crippen molar-refractivity contribution in [1.29, 1.82) is 0 Å². The second-order valence-corrected chi connectivity index (χ2v) is 10.5. The molecule has 0 unspecified atom stereocenters. The van der Waals surface area contributed by atoms with Crippen LogP contribution in [-0.4, -0.2) is 63.3 Å². The summed E-state index contributed by atoms with van der Waals surface area (Å²) in [4.78, 5) is 38.6. The van der Waals surface area contributed by atoms with Gasteiger partial charge in [0.2, 0.25) is 5.91 Å².